The fourth-order valence-corrected chi connectivity index (χ4v) is 6.61. The van der Waals surface area contributed by atoms with E-state index in [1.54, 1.807) is 11.2 Å². The lowest BCUT2D eigenvalue weighted by Gasteiger charge is -2.37. The molecule has 3 atom stereocenters. The number of nitrogens with zero attached hydrogens (tertiary/aromatic N) is 1. The van der Waals surface area contributed by atoms with Gasteiger partial charge in [0.15, 0.2) is 0 Å². The van der Waals surface area contributed by atoms with E-state index in [1.165, 1.54) is 18.2 Å². The van der Waals surface area contributed by atoms with Crippen LogP contribution in [-0.2, 0) is 10.0 Å². The number of hydrogen-bond donors (Lipinski definition) is 0. The fraction of sp³-hybridized carbons (Fsp3) is 0.600. The summed E-state index contributed by atoms with van der Waals surface area (Å²) in [6.45, 7) is 1.66. The molecule has 0 N–H and O–H groups in total. The average molecular weight is 329 g/mol. The second kappa shape index (κ2) is 5.56. The summed E-state index contributed by atoms with van der Waals surface area (Å²) in [5, 5.41) is 0.559. The number of halogens is 1. The van der Waals surface area contributed by atoms with E-state index in [9.17, 15) is 12.8 Å². The van der Waals surface area contributed by atoms with Gasteiger partial charge in [-0.05, 0) is 62.6 Å². The number of fused-ring (bicyclic) bond motifs is 2. The third kappa shape index (κ3) is 2.62. The van der Waals surface area contributed by atoms with Gasteiger partial charge in [0.2, 0.25) is 10.0 Å². The van der Waals surface area contributed by atoms with Gasteiger partial charge in [0.25, 0.3) is 0 Å². The van der Waals surface area contributed by atoms with Crippen molar-refractivity contribution in [2.45, 2.75) is 54.8 Å². The van der Waals surface area contributed by atoms with Gasteiger partial charge in [-0.15, -0.1) is 0 Å². The van der Waals surface area contributed by atoms with E-state index in [4.69, 9.17) is 0 Å². The van der Waals surface area contributed by atoms with Crippen LogP contribution in [0.4, 0.5) is 4.39 Å². The van der Waals surface area contributed by atoms with Crippen LogP contribution < -0.4 is 0 Å². The largest absolute Gasteiger partial charge is 0.243 e. The zero-order valence-corrected chi connectivity index (χ0v) is 13.9. The maximum Gasteiger partial charge on any atom is 0.243 e. The molecule has 0 aromatic heterocycles. The Kier molecular flexibility index (Phi) is 4.05. The first-order valence-corrected chi connectivity index (χ1v) is 9.98. The number of thioether (sulfide) groups is 1. The quantitative estimate of drug-likeness (QED) is 0.855. The van der Waals surface area contributed by atoms with Crippen LogP contribution in [0.25, 0.3) is 0 Å². The molecule has 6 heteroatoms. The molecule has 3 nitrogen and oxygen atoms in total. The van der Waals surface area contributed by atoms with Crippen LogP contribution in [-0.4, -0.2) is 36.3 Å². The summed E-state index contributed by atoms with van der Waals surface area (Å²) in [7, 11) is -3.52. The number of piperidine rings is 1. The Labute approximate surface area is 130 Å². The molecule has 0 spiro atoms. The normalized spacial score (nSPS) is 29.8. The SMILES string of the molecule is CSC1C[C@H]2CC[C@@H](C1)N2S(=O)(=O)c1ccc(F)cc1C. The zero-order valence-electron chi connectivity index (χ0n) is 12.3. The number of rotatable bonds is 3. The first kappa shape index (κ1) is 15.3. The number of sulfonamides is 1. The predicted octanol–water partition coefficient (Wildman–Crippen LogP) is 3.18. The van der Waals surface area contributed by atoms with Gasteiger partial charge < -0.3 is 0 Å². The molecule has 2 heterocycles. The van der Waals surface area contributed by atoms with Crippen molar-refractivity contribution < 1.29 is 12.8 Å². The van der Waals surface area contributed by atoms with Gasteiger partial charge in [0.05, 0.1) is 4.90 Å². The number of aryl methyl sites for hydroxylation is 1. The topological polar surface area (TPSA) is 37.4 Å². The highest BCUT2D eigenvalue weighted by molar-refractivity contribution is 7.99. The molecule has 0 radical (unpaired) electrons. The monoisotopic (exact) mass is 329 g/mol. The molecule has 3 rings (SSSR count). The van der Waals surface area contributed by atoms with E-state index in [-0.39, 0.29) is 17.0 Å². The fourth-order valence-electron chi connectivity index (χ4n) is 3.68. The second-order valence-electron chi connectivity index (χ2n) is 5.96. The Morgan fingerprint density at radius 3 is 2.38 bits per heavy atom. The first-order chi connectivity index (χ1) is 9.93. The van der Waals surface area contributed by atoms with E-state index in [2.05, 4.69) is 6.26 Å². The highest BCUT2D eigenvalue weighted by atomic mass is 32.2. The minimum Gasteiger partial charge on any atom is -0.207 e. The van der Waals surface area contributed by atoms with Gasteiger partial charge in [-0.1, -0.05) is 0 Å². The maximum atomic E-state index is 13.2. The molecule has 2 bridgehead atoms. The molecule has 2 saturated heterocycles. The highest BCUT2D eigenvalue weighted by Gasteiger charge is 2.47. The maximum absolute atomic E-state index is 13.2. The van der Waals surface area contributed by atoms with Crippen molar-refractivity contribution in [1.82, 2.24) is 4.31 Å². The van der Waals surface area contributed by atoms with Crippen molar-refractivity contribution in [3.05, 3.63) is 29.6 Å². The molecule has 1 unspecified atom stereocenters. The summed E-state index contributed by atoms with van der Waals surface area (Å²) in [4.78, 5) is 0.253. The molecule has 1 aromatic carbocycles. The summed E-state index contributed by atoms with van der Waals surface area (Å²) >= 11 is 1.84. The third-order valence-electron chi connectivity index (χ3n) is 4.65. The molecule has 21 heavy (non-hydrogen) atoms. The number of hydrogen-bond acceptors (Lipinski definition) is 3. The summed E-state index contributed by atoms with van der Waals surface area (Å²) in [5.41, 5.74) is 0.487. The molecule has 2 aliphatic heterocycles. The van der Waals surface area contributed by atoms with Gasteiger partial charge in [-0.3, -0.25) is 0 Å². The Morgan fingerprint density at radius 1 is 1.24 bits per heavy atom. The van der Waals surface area contributed by atoms with Crippen molar-refractivity contribution in [2.24, 2.45) is 0 Å². The van der Waals surface area contributed by atoms with Crippen LogP contribution in [0.15, 0.2) is 23.1 Å². The van der Waals surface area contributed by atoms with Crippen molar-refractivity contribution in [3.63, 3.8) is 0 Å². The van der Waals surface area contributed by atoms with Gasteiger partial charge >= 0.3 is 0 Å². The van der Waals surface area contributed by atoms with Gasteiger partial charge in [0.1, 0.15) is 5.82 Å². The van der Waals surface area contributed by atoms with Crippen molar-refractivity contribution >= 4 is 21.8 Å². The number of benzene rings is 1. The standard InChI is InChI=1S/C15H20FNO2S2/c1-10-7-11(16)3-6-15(10)21(18,19)17-12-4-5-13(17)9-14(8-12)20-2/h3,6-7,12-14H,4-5,8-9H2,1-2H3/t12-,13+,14?. The predicted molar refractivity (Wildman–Crippen MR) is 83.5 cm³/mol. The van der Waals surface area contributed by atoms with Crippen LogP contribution >= 0.6 is 11.8 Å². The molecular formula is C15H20FNO2S2. The summed E-state index contributed by atoms with van der Waals surface area (Å²) in [6, 6.07) is 4.14. The second-order valence-corrected chi connectivity index (χ2v) is 8.91. The van der Waals surface area contributed by atoms with Crippen molar-refractivity contribution in [3.8, 4) is 0 Å². The van der Waals surface area contributed by atoms with Crippen LogP contribution in [0.2, 0.25) is 0 Å². The third-order valence-corrected chi connectivity index (χ3v) is 7.87. The van der Waals surface area contributed by atoms with E-state index < -0.39 is 15.8 Å². The smallest absolute Gasteiger partial charge is 0.207 e. The lowest BCUT2D eigenvalue weighted by atomic mass is 10.1. The molecule has 2 fully saturated rings. The van der Waals surface area contributed by atoms with E-state index in [0.717, 1.165) is 25.7 Å². The minimum atomic E-state index is -3.52. The Bertz CT molecular complexity index is 633. The molecule has 0 aliphatic carbocycles. The van der Waals surface area contributed by atoms with Gasteiger partial charge in [-0.25, -0.2) is 12.8 Å². The summed E-state index contributed by atoms with van der Waals surface area (Å²) < 4.78 is 40.9. The summed E-state index contributed by atoms with van der Waals surface area (Å²) in [5.74, 6) is -0.393. The first-order valence-electron chi connectivity index (χ1n) is 7.26. The van der Waals surface area contributed by atoms with E-state index >= 15 is 0 Å². The molecular weight excluding hydrogens is 309 g/mol. The Hall–Kier alpha value is -0.590. The van der Waals surface area contributed by atoms with Crippen LogP contribution in [0.1, 0.15) is 31.2 Å². The minimum absolute atomic E-state index is 0.107. The lowest BCUT2D eigenvalue weighted by molar-refractivity contribution is 0.253. The van der Waals surface area contributed by atoms with E-state index in [0.29, 0.717) is 10.8 Å². The van der Waals surface area contributed by atoms with E-state index in [1.807, 2.05) is 11.8 Å². The lowest BCUT2D eigenvalue weighted by Crippen LogP contribution is -2.47. The summed E-state index contributed by atoms with van der Waals surface area (Å²) in [6.07, 6.45) is 5.84. The Morgan fingerprint density at radius 2 is 1.86 bits per heavy atom. The molecule has 2 aliphatic rings. The highest BCUT2D eigenvalue weighted by Crippen LogP contribution is 2.43. The van der Waals surface area contributed by atoms with Crippen molar-refractivity contribution in [2.75, 3.05) is 6.26 Å². The van der Waals surface area contributed by atoms with Crippen LogP contribution in [0, 0.1) is 12.7 Å². The zero-order chi connectivity index (χ0) is 15.2. The molecule has 0 saturated carbocycles. The van der Waals surface area contributed by atoms with Gasteiger partial charge in [-0.2, -0.15) is 16.1 Å². The molecule has 1 aromatic rings. The van der Waals surface area contributed by atoms with Crippen molar-refractivity contribution in [1.29, 1.82) is 0 Å². The van der Waals surface area contributed by atoms with Gasteiger partial charge in [0, 0.05) is 17.3 Å². The van der Waals surface area contributed by atoms with Crippen LogP contribution in [0.5, 0.6) is 0 Å². The molecule has 0 amide bonds. The van der Waals surface area contributed by atoms with Crippen LogP contribution in [0.3, 0.4) is 0 Å². The Balaban J connectivity index is 1.96. The molecule has 116 valence electrons. The average Bonchev–Trinajstić information content (AvgIpc) is 2.70.